The van der Waals surface area contributed by atoms with Crippen LogP contribution in [-0.4, -0.2) is 30.6 Å². The highest BCUT2D eigenvalue weighted by atomic mass is 19.4. The van der Waals surface area contributed by atoms with E-state index in [0.717, 1.165) is 18.3 Å². The van der Waals surface area contributed by atoms with Crippen molar-refractivity contribution in [3.05, 3.63) is 83.2 Å². The molecule has 216 valence electrons. The number of benzene rings is 2. The maximum atomic E-state index is 15.3. The summed E-state index contributed by atoms with van der Waals surface area (Å²) in [7, 11) is 0. The molecule has 0 spiro atoms. The largest absolute Gasteiger partial charge is 0.481 e. The van der Waals surface area contributed by atoms with Gasteiger partial charge in [0, 0.05) is 11.5 Å². The number of carbonyl (C=O) groups is 1. The van der Waals surface area contributed by atoms with Crippen molar-refractivity contribution in [1.29, 1.82) is 0 Å². The minimum atomic E-state index is -4.56. The third-order valence-electron chi connectivity index (χ3n) is 9.15. The lowest BCUT2D eigenvalue weighted by atomic mass is 9.65. The topological polar surface area (TPSA) is 114 Å². The summed E-state index contributed by atoms with van der Waals surface area (Å²) in [5.41, 5.74) is 3.18. The number of aliphatic hydroxyl groups is 1. The van der Waals surface area contributed by atoms with Crippen molar-refractivity contribution < 1.29 is 32.6 Å². The third-order valence-corrected chi connectivity index (χ3v) is 9.15. The van der Waals surface area contributed by atoms with Crippen molar-refractivity contribution >= 4 is 17.3 Å². The monoisotopic (exact) mass is 570 g/mol. The number of carboxylic acids is 1. The zero-order valence-electron chi connectivity index (χ0n) is 22.9. The Hall–Kier alpha value is -3.99. The normalized spacial score (nSPS) is 22.1. The highest BCUT2D eigenvalue weighted by Crippen LogP contribution is 2.60. The summed E-state index contributed by atoms with van der Waals surface area (Å²) in [6, 6.07) is 10.9. The molecule has 1 aliphatic rings. The van der Waals surface area contributed by atoms with Gasteiger partial charge in [-0.3, -0.25) is 9.20 Å². The molecular weight excluding hydrogens is 540 g/mol. The molecule has 0 radical (unpaired) electrons. The first kappa shape index (κ1) is 28.5. The van der Waals surface area contributed by atoms with Crippen LogP contribution in [-0.2, 0) is 16.6 Å². The van der Waals surface area contributed by atoms with Crippen molar-refractivity contribution in [2.45, 2.75) is 58.2 Å². The van der Waals surface area contributed by atoms with E-state index in [-0.39, 0.29) is 16.9 Å². The fourth-order valence-corrected chi connectivity index (χ4v) is 6.02. The van der Waals surface area contributed by atoms with Crippen LogP contribution in [0.5, 0.6) is 0 Å². The second-order valence-corrected chi connectivity index (χ2v) is 11.6. The van der Waals surface area contributed by atoms with E-state index in [1.807, 2.05) is 13.8 Å². The van der Waals surface area contributed by atoms with Gasteiger partial charge >= 0.3 is 12.1 Å². The van der Waals surface area contributed by atoms with Crippen LogP contribution < -0.4 is 5.73 Å². The van der Waals surface area contributed by atoms with Crippen molar-refractivity contribution in [1.82, 2.24) is 14.4 Å². The van der Waals surface area contributed by atoms with Gasteiger partial charge in [-0.25, -0.2) is 9.97 Å². The van der Waals surface area contributed by atoms with Gasteiger partial charge in [-0.15, -0.1) is 0 Å². The molecule has 0 saturated heterocycles. The molecule has 11 heteroatoms. The number of hydrogen-bond donors (Lipinski definition) is 3. The number of nitrogen functional groups attached to an aromatic ring is 1. The predicted molar refractivity (Wildman–Crippen MR) is 144 cm³/mol. The Morgan fingerprint density at radius 2 is 1.71 bits per heavy atom. The minimum Gasteiger partial charge on any atom is -0.481 e. The first-order valence-corrected chi connectivity index (χ1v) is 13.1. The number of alkyl halides is 3. The van der Waals surface area contributed by atoms with Crippen LogP contribution in [0.4, 0.5) is 23.4 Å². The van der Waals surface area contributed by atoms with Crippen molar-refractivity contribution in [2.75, 3.05) is 5.73 Å². The van der Waals surface area contributed by atoms with E-state index in [9.17, 15) is 28.2 Å². The molecule has 41 heavy (non-hydrogen) atoms. The molecule has 0 bridgehead atoms. The van der Waals surface area contributed by atoms with E-state index in [4.69, 9.17) is 10.7 Å². The number of aromatic nitrogens is 3. The van der Waals surface area contributed by atoms with Gasteiger partial charge in [0.15, 0.2) is 0 Å². The standard InChI is InChI=1S/C30H30F4N4O3/c1-27(2)20(12-13-28(27,3)26(39)40)25-37-22(23-24(35)36-15-21(31)38(23)25)16-8-10-17(11-9-16)29(4,41)18-6-5-7-19(14-18)30(32,33)34/h5-11,14-15,20,41H,12-13H2,1-4H3,(H2,35,36)(H,39,40)/t20-,28+,29+/m0/s1. The number of rotatable bonds is 5. The molecule has 0 aliphatic heterocycles. The number of nitrogens with zero attached hydrogens (tertiary/aromatic N) is 3. The summed E-state index contributed by atoms with van der Waals surface area (Å²) < 4.78 is 56.4. The lowest BCUT2D eigenvalue weighted by Crippen LogP contribution is -2.40. The van der Waals surface area contributed by atoms with E-state index in [1.165, 1.54) is 23.5 Å². The molecule has 0 amide bonds. The molecule has 7 nitrogen and oxygen atoms in total. The van der Waals surface area contributed by atoms with Crippen LogP contribution in [0, 0.1) is 16.8 Å². The molecule has 1 saturated carbocycles. The molecule has 0 unspecified atom stereocenters. The van der Waals surface area contributed by atoms with E-state index >= 15 is 4.39 Å². The van der Waals surface area contributed by atoms with Gasteiger partial charge in [-0.1, -0.05) is 50.2 Å². The Balaban J connectivity index is 1.60. The van der Waals surface area contributed by atoms with Crippen molar-refractivity contribution in [3.63, 3.8) is 0 Å². The molecule has 2 aromatic heterocycles. The van der Waals surface area contributed by atoms with Crippen LogP contribution in [0.1, 0.15) is 69.0 Å². The van der Waals surface area contributed by atoms with Gasteiger partial charge in [-0.2, -0.15) is 17.6 Å². The first-order valence-electron chi connectivity index (χ1n) is 13.1. The maximum Gasteiger partial charge on any atom is 0.416 e. The van der Waals surface area contributed by atoms with E-state index in [1.54, 1.807) is 31.2 Å². The zero-order chi connectivity index (χ0) is 30.1. The van der Waals surface area contributed by atoms with Crippen LogP contribution >= 0.6 is 0 Å². The summed E-state index contributed by atoms with van der Waals surface area (Å²) in [5.74, 6) is -1.70. The van der Waals surface area contributed by atoms with E-state index < -0.39 is 46.0 Å². The zero-order valence-corrected chi connectivity index (χ0v) is 22.9. The van der Waals surface area contributed by atoms with E-state index in [0.29, 0.717) is 35.5 Å². The Labute approximate surface area is 233 Å². The van der Waals surface area contributed by atoms with Crippen LogP contribution in [0.2, 0.25) is 0 Å². The maximum absolute atomic E-state index is 15.3. The summed E-state index contributed by atoms with van der Waals surface area (Å²) >= 11 is 0. The number of hydrogen-bond acceptors (Lipinski definition) is 5. The fraction of sp³-hybridized carbons (Fsp3) is 0.367. The predicted octanol–water partition coefficient (Wildman–Crippen LogP) is 6.39. The molecule has 1 aliphatic carbocycles. The summed E-state index contributed by atoms with van der Waals surface area (Å²) in [6.07, 6.45) is -2.72. The average molecular weight is 571 g/mol. The lowest BCUT2D eigenvalue weighted by molar-refractivity contribution is -0.153. The molecular formula is C30H30F4N4O3. The van der Waals surface area contributed by atoms with Gasteiger partial charge in [0.05, 0.1) is 17.2 Å². The Bertz CT molecular complexity index is 1660. The number of aliphatic carboxylic acids is 1. The van der Waals surface area contributed by atoms with Gasteiger partial charge in [-0.05, 0) is 55.4 Å². The van der Waals surface area contributed by atoms with E-state index in [2.05, 4.69) is 4.98 Å². The van der Waals surface area contributed by atoms with Crippen molar-refractivity contribution in [2.24, 2.45) is 10.8 Å². The highest BCUT2D eigenvalue weighted by molar-refractivity contribution is 5.85. The number of nitrogens with two attached hydrogens (primary N) is 1. The Morgan fingerprint density at radius 3 is 2.29 bits per heavy atom. The van der Waals surface area contributed by atoms with Gasteiger partial charge in [0.2, 0.25) is 5.95 Å². The van der Waals surface area contributed by atoms with Gasteiger partial charge in [0.1, 0.15) is 28.5 Å². The van der Waals surface area contributed by atoms with Gasteiger partial charge in [0.25, 0.3) is 0 Å². The quantitative estimate of drug-likeness (QED) is 0.240. The fourth-order valence-electron chi connectivity index (χ4n) is 6.02. The summed E-state index contributed by atoms with van der Waals surface area (Å²) in [5, 5.41) is 21.2. The molecule has 5 rings (SSSR count). The molecule has 3 atom stereocenters. The second-order valence-electron chi connectivity index (χ2n) is 11.6. The summed E-state index contributed by atoms with van der Waals surface area (Å²) in [4.78, 5) is 21.0. The molecule has 2 aromatic carbocycles. The number of imidazole rings is 1. The smallest absolute Gasteiger partial charge is 0.416 e. The second kappa shape index (κ2) is 9.27. The summed E-state index contributed by atoms with van der Waals surface area (Å²) in [6.45, 7) is 6.77. The molecule has 2 heterocycles. The number of anilines is 1. The Kier molecular flexibility index (Phi) is 6.45. The van der Waals surface area contributed by atoms with Gasteiger partial charge < -0.3 is 15.9 Å². The Morgan fingerprint density at radius 1 is 1.07 bits per heavy atom. The number of halogens is 4. The third kappa shape index (κ3) is 4.34. The first-order chi connectivity index (χ1) is 19.0. The molecule has 1 fully saturated rings. The number of carboxylic acid groups (broad SMARTS) is 1. The van der Waals surface area contributed by atoms with Crippen molar-refractivity contribution in [3.8, 4) is 11.3 Å². The minimum absolute atomic E-state index is 0.0250. The average Bonchev–Trinajstić information content (AvgIpc) is 3.42. The van der Waals surface area contributed by atoms with Crippen LogP contribution in [0.15, 0.2) is 54.7 Å². The highest BCUT2D eigenvalue weighted by Gasteiger charge is 2.57. The lowest BCUT2D eigenvalue weighted by Gasteiger charge is -2.38. The number of fused-ring (bicyclic) bond motifs is 1. The SMILES string of the molecule is CC1(C)[C@H](c2nc(-c3ccc([C@@](C)(O)c4cccc(C(F)(F)F)c4)cc3)c3c(N)ncc(F)n23)CC[C@]1(C)C(=O)O. The molecule has 4 aromatic rings. The van der Waals surface area contributed by atoms with Crippen LogP contribution in [0.3, 0.4) is 0 Å². The molecule has 4 N–H and O–H groups in total. The van der Waals surface area contributed by atoms with Crippen LogP contribution in [0.25, 0.3) is 16.8 Å².